The first kappa shape index (κ1) is 16.2. The third-order valence-corrected chi connectivity index (χ3v) is 5.10. The van der Waals surface area contributed by atoms with Gasteiger partial charge in [0.15, 0.2) is 0 Å². The molecule has 6 heteroatoms. The summed E-state index contributed by atoms with van der Waals surface area (Å²) < 4.78 is 0. The number of hydrogen-bond acceptors (Lipinski definition) is 4. The maximum Gasteiger partial charge on any atom is 0.230 e. The summed E-state index contributed by atoms with van der Waals surface area (Å²) in [6.45, 7) is 6.86. The molecule has 0 aromatic rings. The smallest absolute Gasteiger partial charge is 0.230 e. The average molecular weight is 298 g/mol. The number of carbonyl (C=O) groups is 1. The van der Waals surface area contributed by atoms with E-state index in [4.69, 9.17) is 0 Å². The van der Waals surface area contributed by atoms with E-state index in [0.29, 0.717) is 25.2 Å². The van der Waals surface area contributed by atoms with E-state index in [1.54, 1.807) is 0 Å². The Balaban J connectivity index is 1.76. The van der Waals surface area contributed by atoms with Gasteiger partial charge < -0.3 is 10.4 Å². The number of amides is 1. The minimum absolute atomic E-state index is 0.212. The monoisotopic (exact) mass is 298 g/mol. The van der Waals surface area contributed by atoms with Crippen LogP contribution in [0.1, 0.15) is 52.9 Å². The maximum absolute atomic E-state index is 11.8. The zero-order chi connectivity index (χ0) is 15.8. The Morgan fingerprint density at radius 3 is 2.38 bits per heavy atom. The molecular weight excluding hydrogens is 272 g/mol. The van der Waals surface area contributed by atoms with Crippen LogP contribution >= 0.6 is 0 Å². The van der Waals surface area contributed by atoms with E-state index in [0.717, 1.165) is 12.8 Å². The minimum Gasteiger partial charge on any atom is -0.388 e. The fourth-order valence-corrected chi connectivity index (χ4v) is 3.28. The standard InChI is InChI=1S/C15H26N2O4/c1-14(2,3)10-4-6-15(19,7-5-10)9-16-13(18)11-8-12(11)17(20)21/h10-12,19H,4-9H2,1-3H3,(H,16,18)/t10?,11-,12+,15?/m1/s1. The average Bonchev–Trinajstić information content (AvgIpc) is 3.16. The van der Waals surface area contributed by atoms with Gasteiger partial charge in [0.2, 0.25) is 11.9 Å². The first-order valence-corrected chi connectivity index (χ1v) is 7.76. The number of nitrogens with zero attached hydrogens (tertiary/aromatic N) is 1. The van der Waals surface area contributed by atoms with Gasteiger partial charge in [0, 0.05) is 17.9 Å². The van der Waals surface area contributed by atoms with Crippen molar-refractivity contribution in [3.05, 3.63) is 10.1 Å². The molecule has 0 bridgehead atoms. The molecule has 120 valence electrons. The number of aliphatic hydroxyl groups is 1. The molecule has 2 rings (SSSR count). The van der Waals surface area contributed by atoms with Crippen molar-refractivity contribution < 1.29 is 14.8 Å². The summed E-state index contributed by atoms with van der Waals surface area (Å²) in [6, 6.07) is -0.726. The lowest BCUT2D eigenvalue weighted by molar-refractivity contribution is -0.497. The van der Waals surface area contributed by atoms with E-state index < -0.39 is 22.5 Å². The van der Waals surface area contributed by atoms with Crippen LogP contribution in [0.4, 0.5) is 0 Å². The first-order valence-electron chi connectivity index (χ1n) is 7.76. The van der Waals surface area contributed by atoms with Gasteiger partial charge in [-0.3, -0.25) is 14.9 Å². The van der Waals surface area contributed by atoms with Crippen molar-refractivity contribution in [2.24, 2.45) is 17.3 Å². The molecule has 6 nitrogen and oxygen atoms in total. The number of nitro groups is 1. The molecule has 2 atom stereocenters. The highest BCUT2D eigenvalue weighted by molar-refractivity contribution is 5.82. The first-order chi connectivity index (χ1) is 9.62. The minimum atomic E-state index is -0.851. The van der Waals surface area contributed by atoms with Gasteiger partial charge in [-0.2, -0.15) is 0 Å². The van der Waals surface area contributed by atoms with Crippen molar-refractivity contribution in [1.82, 2.24) is 5.32 Å². The van der Waals surface area contributed by atoms with E-state index in [1.165, 1.54) is 0 Å². The van der Waals surface area contributed by atoms with E-state index >= 15 is 0 Å². The van der Waals surface area contributed by atoms with Gasteiger partial charge in [-0.05, 0) is 37.0 Å². The molecule has 0 saturated heterocycles. The Bertz CT molecular complexity index is 422. The number of carbonyl (C=O) groups excluding carboxylic acids is 1. The van der Waals surface area contributed by atoms with Gasteiger partial charge in [-0.25, -0.2) is 0 Å². The third-order valence-electron chi connectivity index (χ3n) is 5.10. The van der Waals surface area contributed by atoms with Gasteiger partial charge in [0.05, 0.1) is 5.60 Å². The molecule has 0 aromatic heterocycles. The van der Waals surface area contributed by atoms with Gasteiger partial charge in [0.1, 0.15) is 5.92 Å². The predicted octanol–water partition coefficient (Wildman–Crippen LogP) is 1.74. The van der Waals surface area contributed by atoms with Crippen LogP contribution in [-0.2, 0) is 4.79 Å². The molecule has 0 spiro atoms. The molecule has 0 heterocycles. The summed E-state index contributed by atoms with van der Waals surface area (Å²) in [7, 11) is 0. The van der Waals surface area contributed by atoms with E-state index in [2.05, 4.69) is 26.1 Å². The second-order valence-electron chi connectivity index (χ2n) is 7.78. The largest absolute Gasteiger partial charge is 0.388 e. The number of nitrogens with one attached hydrogen (secondary N) is 1. The quantitative estimate of drug-likeness (QED) is 0.610. The summed E-state index contributed by atoms with van der Waals surface area (Å²) in [6.07, 6.45) is 3.59. The fraction of sp³-hybridized carbons (Fsp3) is 0.933. The summed E-state index contributed by atoms with van der Waals surface area (Å²) in [4.78, 5) is 22.0. The van der Waals surface area contributed by atoms with Crippen LogP contribution in [0.5, 0.6) is 0 Å². The molecule has 0 aliphatic heterocycles. The van der Waals surface area contributed by atoms with Crippen LogP contribution in [-0.4, -0.2) is 34.1 Å². The highest BCUT2D eigenvalue weighted by Crippen LogP contribution is 2.41. The van der Waals surface area contributed by atoms with Crippen molar-refractivity contribution in [2.45, 2.75) is 64.5 Å². The summed E-state index contributed by atoms with van der Waals surface area (Å²) in [5, 5.41) is 23.8. The van der Waals surface area contributed by atoms with Crippen LogP contribution in [0, 0.1) is 27.4 Å². The van der Waals surface area contributed by atoms with Gasteiger partial charge in [0.25, 0.3) is 0 Å². The molecule has 1 amide bonds. The van der Waals surface area contributed by atoms with E-state index in [-0.39, 0.29) is 17.9 Å². The van der Waals surface area contributed by atoms with Crippen LogP contribution in [0.25, 0.3) is 0 Å². The Morgan fingerprint density at radius 1 is 1.38 bits per heavy atom. The van der Waals surface area contributed by atoms with E-state index in [1.807, 2.05) is 0 Å². The lowest BCUT2D eigenvalue weighted by Gasteiger charge is -2.41. The number of hydrogen-bond donors (Lipinski definition) is 2. The van der Waals surface area contributed by atoms with Crippen LogP contribution in [0.15, 0.2) is 0 Å². The lowest BCUT2D eigenvalue weighted by Crippen LogP contribution is -2.47. The summed E-state index contributed by atoms with van der Waals surface area (Å²) in [5.41, 5.74) is -0.603. The van der Waals surface area contributed by atoms with Gasteiger partial charge in [-0.15, -0.1) is 0 Å². The molecule has 2 fully saturated rings. The van der Waals surface area contributed by atoms with E-state index in [9.17, 15) is 20.0 Å². The molecule has 2 saturated carbocycles. The third kappa shape index (κ3) is 3.93. The molecule has 0 aromatic carbocycles. The normalized spacial score (nSPS) is 36.1. The molecule has 2 aliphatic carbocycles. The molecular formula is C15H26N2O4. The molecule has 0 radical (unpaired) electrons. The van der Waals surface area contributed by atoms with Crippen molar-refractivity contribution in [3.8, 4) is 0 Å². The highest BCUT2D eigenvalue weighted by Gasteiger charge is 2.53. The van der Waals surface area contributed by atoms with Gasteiger partial charge in [-0.1, -0.05) is 20.8 Å². The van der Waals surface area contributed by atoms with Crippen LogP contribution < -0.4 is 5.32 Å². The Kier molecular flexibility index (Phi) is 4.29. The molecule has 0 unspecified atom stereocenters. The second-order valence-corrected chi connectivity index (χ2v) is 7.78. The fourth-order valence-electron chi connectivity index (χ4n) is 3.28. The van der Waals surface area contributed by atoms with Crippen molar-refractivity contribution in [2.75, 3.05) is 6.54 Å². The van der Waals surface area contributed by atoms with Crippen LogP contribution in [0.2, 0.25) is 0 Å². The Morgan fingerprint density at radius 2 is 1.95 bits per heavy atom. The Hall–Kier alpha value is -1.17. The molecule has 21 heavy (non-hydrogen) atoms. The molecule has 2 N–H and O–H groups in total. The lowest BCUT2D eigenvalue weighted by atomic mass is 9.68. The topological polar surface area (TPSA) is 92.5 Å². The summed E-state index contributed by atoms with van der Waals surface area (Å²) >= 11 is 0. The predicted molar refractivity (Wildman–Crippen MR) is 78.3 cm³/mol. The zero-order valence-corrected chi connectivity index (χ0v) is 13.1. The summed E-state index contributed by atoms with van der Waals surface area (Å²) in [5.74, 6) is -0.201. The van der Waals surface area contributed by atoms with Gasteiger partial charge >= 0.3 is 0 Å². The Labute approximate surface area is 125 Å². The van der Waals surface area contributed by atoms with Crippen molar-refractivity contribution in [1.29, 1.82) is 0 Å². The second kappa shape index (κ2) is 5.55. The van der Waals surface area contributed by atoms with Crippen molar-refractivity contribution in [3.63, 3.8) is 0 Å². The number of rotatable bonds is 4. The van der Waals surface area contributed by atoms with Crippen LogP contribution in [0.3, 0.4) is 0 Å². The molecule has 2 aliphatic rings. The van der Waals surface area contributed by atoms with Crippen molar-refractivity contribution >= 4 is 5.91 Å². The SMILES string of the molecule is CC(C)(C)C1CCC(O)(CNC(=O)[C@@H]2C[C@@H]2[N+](=O)[O-])CC1. The maximum atomic E-state index is 11.8. The highest BCUT2D eigenvalue weighted by atomic mass is 16.6. The zero-order valence-electron chi connectivity index (χ0n) is 13.1.